The molecule has 1 aromatic heterocycles. The van der Waals surface area contributed by atoms with Gasteiger partial charge in [0.15, 0.2) is 0 Å². The van der Waals surface area contributed by atoms with Gasteiger partial charge in [-0.25, -0.2) is 0 Å². The Morgan fingerprint density at radius 2 is 1.46 bits per heavy atom. The van der Waals surface area contributed by atoms with Gasteiger partial charge >= 0.3 is 6.18 Å². The third-order valence-corrected chi connectivity index (χ3v) is 4.55. The molecule has 1 N–H and O–H groups in total. The number of anilines is 1. The quantitative estimate of drug-likeness (QED) is 0.645. The number of benzene rings is 2. The van der Waals surface area contributed by atoms with Crippen LogP contribution in [0.5, 0.6) is 0 Å². The summed E-state index contributed by atoms with van der Waals surface area (Å²) in [5, 5.41) is 0. The second-order valence-electron chi connectivity index (χ2n) is 6.52. The molecule has 1 saturated heterocycles. The molecule has 2 heterocycles. The molecule has 4 rings (SSSR count). The van der Waals surface area contributed by atoms with Crippen molar-refractivity contribution < 1.29 is 13.2 Å². The highest BCUT2D eigenvalue weighted by Crippen LogP contribution is 2.32. The number of hydrogen-bond acceptors (Lipinski definition) is 2. The van der Waals surface area contributed by atoms with E-state index in [4.69, 9.17) is 0 Å². The summed E-state index contributed by atoms with van der Waals surface area (Å²) < 4.78 is 35.4. The molecule has 1 aliphatic rings. The molecule has 1 aliphatic heterocycles. The maximum atomic E-state index is 11.8. The van der Waals surface area contributed by atoms with Crippen molar-refractivity contribution in [1.82, 2.24) is 4.98 Å². The number of halogens is 3. The minimum absolute atomic E-state index is 0.544. The molecule has 0 saturated carbocycles. The molecule has 3 aromatic rings. The Kier molecular flexibility index (Phi) is 6.19. The number of hydrogen-bond donors (Lipinski definition) is 1. The van der Waals surface area contributed by atoms with Gasteiger partial charge in [-0.3, -0.25) is 4.79 Å². The van der Waals surface area contributed by atoms with Gasteiger partial charge in [-0.05, 0) is 30.5 Å². The van der Waals surface area contributed by atoms with E-state index in [2.05, 4.69) is 59.5 Å². The van der Waals surface area contributed by atoms with Crippen molar-refractivity contribution >= 4 is 5.69 Å². The lowest BCUT2D eigenvalue weighted by molar-refractivity contribution is -0.137. The Labute approximate surface area is 161 Å². The standard InChI is InChI=1S/C16H17N.C6H4F3NO/c1-2-8-14(9-3-1)15-10-4-5-11-16(15)17-12-6-7-13-17;7-6(8,9)4-1-2-5(11)10-3-4/h1-5,8-11H,6-7,12-13H2;1-3H,(H,10,11). The fourth-order valence-electron chi connectivity index (χ4n) is 3.16. The summed E-state index contributed by atoms with van der Waals surface area (Å²) in [5.41, 5.74) is 2.66. The highest BCUT2D eigenvalue weighted by molar-refractivity contribution is 5.78. The predicted molar refractivity (Wildman–Crippen MR) is 105 cm³/mol. The third kappa shape index (κ3) is 5.03. The lowest BCUT2D eigenvalue weighted by Gasteiger charge is -2.21. The third-order valence-electron chi connectivity index (χ3n) is 4.55. The van der Waals surface area contributed by atoms with Gasteiger partial charge in [-0.1, -0.05) is 48.5 Å². The first-order chi connectivity index (χ1) is 13.4. The Bertz CT molecular complexity index is 925. The van der Waals surface area contributed by atoms with Gasteiger partial charge in [-0.15, -0.1) is 0 Å². The monoisotopic (exact) mass is 386 g/mol. The Balaban J connectivity index is 0.000000178. The number of H-pyrrole nitrogens is 1. The summed E-state index contributed by atoms with van der Waals surface area (Å²) in [5.74, 6) is 0. The van der Waals surface area contributed by atoms with Crippen LogP contribution in [0.2, 0.25) is 0 Å². The highest BCUT2D eigenvalue weighted by Gasteiger charge is 2.30. The molecule has 0 aliphatic carbocycles. The smallest absolute Gasteiger partial charge is 0.371 e. The van der Waals surface area contributed by atoms with Crippen molar-refractivity contribution in [2.24, 2.45) is 0 Å². The summed E-state index contributed by atoms with van der Waals surface area (Å²) >= 11 is 0. The lowest BCUT2D eigenvalue weighted by Crippen LogP contribution is -2.18. The van der Waals surface area contributed by atoms with Gasteiger partial charge in [0.1, 0.15) is 0 Å². The van der Waals surface area contributed by atoms with Gasteiger partial charge in [0.05, 0.1) is 5.56 Å². The van der Waals surface area contributed by atoms with Crippen LogP contribution in [-0.2, 0) is 6.18 Å². The SMILES string of the molecule is O=c1ccc(C(F)(F)F)c[nH]1.c1ccc(-c2ccccc2N2CCCC2)cc1. The lowest BCUT2D eigenvalue weighted by atomic mass is 10.0. The molecule has 0 bridgehead atoms. The summed E-state index contributed by atoms with van der Waals surface area (Å²) in [6, 6.07) is 21.0. The van der Waals surface area contributed by atoms with E-state index < -0.39 is 17.3 Å². The van der Waals surface area contributed by atoms with E-state index >= 15 is 0 Å². The van der Waals surface area contributed by atoms with Gasteiger partial charge in [0.2, 0.25) is 5.56 Å². The first-order valence-electron chi connectivity index (χ1n) is 9.10. The number of nitrogens with one attached hydrogen (secondary N) is 1. The number of aromatic amines is 1. The van der Waals surface area contributed by atoms with E-state index in [0.29, 0.717) is 6.20 Å². The maximum absolute atomic E-state index is 11.8. The molecular weight excluding hydrogens is 365 g/mol. The van der Waals surface area contributed by atoms with E-state index in [0.717, 1.165) is 12.1 Å². The Hall–Kier alpha value is -3.02. The molecule has 0 spiro atoms. The largest absolute Gasteiger partial charge is 0.417 e. The van der Waals surface area contributed by atoms with E-state index in [1.807, 2.05) is 4.98 Å². The average Bonchev–Trinajstić information content (AvgIpc) is 3.24. The molecule has 28 heavy (non-hydrogen) atoms. The molecule has 0 amide bonds. The molecule has 1 fully saturated rings. The van der Waals surface area contributed by atoms with Crippen molar-refractivity contribution in [3.05, 3.63) is 88.8 Å². The minimum atomic E-state index is -4.38. The number of alkyl halides is 3. The molecule has 146 valence electrons. The molecule has 0 unspecified atom stereocenters. The number of para-hydroxylation sites is 1. The van der Waals surface area contributed by atoms with Crippen LogP contribution >= 0.6 is 0 Å². The summed E-state index contributed by atoms with van der Waals surface area (Å²) in [7, 11) is 0. The molecular formula is C22H21F3N2O. The van der Waals surface area contributed by atoms with Crippen molar-refractivity contribution in [3.8, 4) is 11.1 Å². The van der Waals surface area contributed by atoms with Crippen molar-refractivity contribution in [2.45, 2.75) is 19.0 Å². The zero-order valence-electron chi connectivity index (χ0n) is 15.2. The van der Waals surface area contributed by atoms with Crippen LogP contribution in [0, 0.1) is 0 Å². The van der Waals surface area contributed by atoms with Crippen LogP contribution in [0.1, 0.15) is 18.4 Å². The van der Waals surface area contributed by atoms with Crippen molar-refractivity contribution in [3.63, 3.8) is 0 Å². The minimum Gasteiger partial charge on any atom is -0.371 e. The first-order valence-corrected chi connectivity index (χ1v) is 9.10. The maximum Gasteiger partial charge on any atom is 0.417 e. The predicted octanol–water partition coefficient (Wildman–Crippen LogP) is 5.35. The second-order valence-corrected chi connectivity index (χ2v) is 6.52. The van der Waals surface area contributed by atoms with Crippen molar-refractivity contribution in [2.75, 3.05) is 18.0 Å². The van der Waals surface area contributed by atoms with Crippen LogP contribution in [0.4, 0.5) is 18.9 Å². The average molecular weight is 386 g/mol. The fourth-order valence-corrected chi connectivity index (χ4v) is 3.16. The summed E-state index contributed by atoms with van der Waals surface area (Å²) in [6.07, 6.45) is -1.10. The van der Waals surface area contributed by atoms with Gasteiger partial charge < -0.3 is 9.88 Å². The van der Waals surface area contributed by atoms with Crippen LogP contribution < -0.4 is 10.5 Å². The Morgan fingerprint density at radius 3 is 2.07 bits per heavy atom. The zero-order valence-corrected chi connectivity index (χ0v) is 15.2. The molecule has 0 atom stereocenters. The first kappa shape index (κ1) is 19.7. The van der Waals surface area contributed by atoms with E-state index in [-0.39, 0.29) is 0 Å². The molecule has 0 radical (unpaired) electrons. The van der Waals surface area contributed by atoms with E-state index in [1.54, 1.807) is 0 Å². The Morgan fingerprint density at radius 1 is 0.821 bits per heavy atom. The van der Waals surface area contributed by atoms with Gasteiger partial charge in [0, 0.05) is 36.6 Å². The van der Waals surface area contributed by atoms with Crippen LogP contribution in [-0.4, -0.2) is 18.1 Å². The highest BCUT2D eigenvalue weighted by atomic mass is 19.4. The summed E-state index contributed by atoms with van der Waals surface area (Å²) in [6.45, 7) is 2.40. The number of rotatable bonds is 2. The fraction of sp³-hybridized carbons (Fsp3) is 0.227. The van der Waals surface area contributed by atoms with Crippen LogP contribution in [0.25, 0.3) is 11.1 Å². The van der Waals surface area contributed by atoms with E-state index in [9.17, 15) is 18.0 Å². The zero-order chi connectivity index (χ0) is 20.0. The topological polar surface area (TPSA) is 36.1 Å². The summed E-state index contributed by atoms with van der Waals surface area (Å²) in [4.78, 5) is 14.8. The number of nitrogens with zero attached hydrogens (tertiary/aromatic N) is 1. The molecule has 6 heteroatoms. The second kappa shape index (κ2) is 8.78. The van der Waals surface area contributed by atoms with Gasteiger partial charge in [-0.2, -0.15) is 13.2 Å². The number of pyridine rings is 1. The van der Waals surface area contributed by atoms with Crippen molar-refractivity contribution in [1.29, 1.82) is 0 Å². The van der Waals surface area contributed by atoms with Gasteiger partial charge in [0.25, 0.3) is 0 Å². The van der Waals surface area contributed by atoms with Crippen LogP contribution in [0.15, 0.2) is 77.7 Å². The number of aromatic nitrogens is 1. The normalized spacial score (nSPS) is 13.8. The molecule has 2 aromatic carbocycles. The molecule has 3 nitrogen and oxygen atoms in total. The van der Waals surface area contributed by atoms with Crippen LogP contribution in [0.3, 0.4) is 0 Å². The van der Waals surface area contributed by atoms with E-state index in [1.165, 1.54) is 42.7 Å².